The van der Waals surface area contributed by atoms with Gasteiger partial charge in [-0.15, -0.1) is 0 Å². The molecule has 0 aromatic rings. The van der Waals surface area contributed by atoms with E-state index in [2.05, 4.69) is 15.5 Å². The van der Waals surface area contributed by atoms with Gasteiger partial charge in [0.15, 0.2) is 0 Å². The molecule has 0 aromatic carbocycles. The molecule has 7 nitrogen and oxygen atoms in total. The summed E-state index contributed by atoms with van der Waals surface area (Å²) < 4.78 is 5.09. The molecule has 2 rings (SSSR count). The Kier molecular flexibility index (Phi) is 4.98. The fourth-order valence-corrected chi connectivity index (χ4v) is 2.46. The lowest BCUT2D eigenvalue weighted by molar-refractivity contribution is -0.150. The summed E-state index contributed by atoms with van der Waals surface area (Å²) in [6.07, 6.45) is 0. The minimum Gasteiger partial charge on any atom is -0.465 e. The number of esters is 1. The van der Waals surface area contributed by atoms with E-state index >= 15 is 0 Å². The van der Waals surface area contributed by atoms with Crippen molar-refractivity contribution in [3.8, 4) is 0 Å². The van der Waals surface area contributed by atoms with Crippen LogP contribution < -0.4 is 10.6 Å². The average Bonchev–Trinajstić information content (AvgIpc) is 2.82. The van der Waals surface area contributed by atoms with Crippen molar-refractivity contribution in [3.63, 3.8) is 0 Å². The zero-order valence-corrected chi connectivity index (χ0v) is 11.4. The van der Waals surface area contributed by atoms with Crippen molar-refractivity contribution >= 4 is 12.0 Å². The second kappa shape index (κ2) is 6.72. The molecule has 2 aliphatic heterocycles. The first-order chi connectivity index (χ1) is 9.22. The number of ether oxygens (including phenoxy) is 1. The Morgan fingerprint density at radius 2 is 2.21 bits per heavy atom. The van der Waals surface area contributed by atoms with Crippen molar-refractivity contribution in [2.24, 2.45) is 0 Å². The van der Waals surface area contributed by atoms with Gasteiger partial charge >= 0.3 is 12.0 Å². The normalized spacial score (nSPS) is 24.4. The molecule has 1 atom stereocenters. The third-order valence-electron chi connectivity index (χ3n) is 3.52. The number of carbonyl (C=O) groups is 2. The quantitative estimate of drug-likeness (QED) is 0.617. The highest BCUT2D eigenvalue weighted by Crippen LogP contribution is 2.07. The number of amides is 2. The first kappa shape index (κ1) is 14.1. The predicted molar refractivity (Wildman–Crippen MR) is 69.8 cm³/mol. The topological polar surface area (TPSA) is 73.9 Å². The highest BCUT2D eigenvalue weighted by molar-refractivity contribution is 5.77. The second-order valence-corrected chi connectivity index (χ2v) is 4.73. The van der Waals surface area contributed by atoms with E-state index in [1.807, 2.05) is 6.92 Å². The molecule has 0 spiro atoms. The molecule has 2 N–H and O–H groups in total. The molecule has 0 saturated carbocycles. The summed E-state index contributed by atoms with van der Waals surface area (Å²) in [5.74, 6) is -0.180. The fourth-order valence-electron chi connectivity index (χ4n) is 2.46. The van der Waals surface area contributed by atoms with Gasteiger partial charge in [-0.05, 0) is 6.92 Å². The summed E-state index contributed by atoms with van der Waals surface area (Å²) in [4.78, 5) is 27.2. The molecule has 2 saturated heterocycles. The van der Waals surface area contributed by atoms with Crippen LogP contribution in [-0.2, 0) is 9.53 Å². The van der Waals surface area contributed by atoms with Crippen LogP contribution in [0.5, 0.6) is 0 Å². The van der Waals surface area contributed by atoms with E-state index in [0.29, 0.717) is 32.8 Å². The van der Waals surface area contributed by atoms with E-state index in [9.17, 15) is 9.59 Å². The van der Waals surface area contributed by atoms with Crippen LogP contribution in [0, 0.1) is 0 Å². The molecule has 1 unspecified atom stereocenters. The molecule has 108 valence electrons. The van der Waals surface area contributed by atoms with Crippen molar-refractivity contribution in [3.05, 3.63) is 0 Å². The summed E-state index contributed by atoms with van der Waals surface area (Å²) in [7, 11) is 0. The molecule has 19 heavy (non-hydrogen) atoms. The molecule has 2 amide bonds. The average molecular weight is 270 g/mol. The van der Waals surface area contributed by atoms with Crippen LogP contribution in [-0.4, -0.2) is 80.3 Å². The zero-order valence-electron chi connectivity index (χ0n) is 11.4. The van der Waals surface area contributed by atoms with E-state index in [1.165, 1.54) is 0 Å². The fraction of sp³-hybridized carbons (Fsp3) is 0.833. The van der Waals surface area contributed by atoms with Gasteiger partial charge < -0.3 is 20.3 Å². The van der Waals surface area contributed by atoms with Crippen molar-refractivity contribution in [1.82, 2.24) is 20.4 Å². The molecule has 0 aromatic heterocycles. The first-order valence-corrected chi connectivity index (χ1v) is 6.86. The van der Waals surface area contributed by atoms with E-state index < -0.39 is 0 Å². The van der Waals surface area contributed by atoms with Crippen molar-refractivity contribution in [2.75, 3.05) is 52.4 Å². The van der Waals surface area contributed by atoms with Gasteiger partial charge in [-0.2, -0.15) is 0 Å². The number of carbonyl (C=O) groups excluding carboxylic acids is 2. The van der Waals surface area contributed by atoms with E-state index in [1.54, 1.807) is 4.90 Å². The highest BCUT2D eigenvalue weighted by atomic mass is 16.5. The number of nitrogens with one attached hydrogen (secondary N) is 2. The number of piperazine rings is 1. The highest BCUT2D eigenvalue weighted by Gasteiger charge is 2.30. The molecule has 2 aliphatic rings. The summed E-state index contributed by atoms with van der Waals surface area (Å²) in [6.45, 7) is 7.31. The number of rotatable bonds is 5. The maximum atomic E-state index is 11.9. The minimum atomic E-state index is -0.237. The number of nitrogens with zero attached hydrogens (tertiary/aromatic N) is 2. The Bertz CT molecular complexity index is 337. The van der Waals surface area contributed by atoms with Gasteiger partial charge in [0, 0.05) is 45.8 Å². The van der Waals surface area contributed by atoms with Crippen LogP contribution in [0.3, 0.4) is 0 Å². The smallest absolute Gasteiger partial charge is 0.324 e. The van der Waals surface area contributed by atoms with Crippen molar-refractivity contribution in [2.45, 2.75) is 13.0 Å². The number of urea groups is 1. The predicted octanol–water partition coefficient (Wildman–Crippen LogP) is -1.15. The van der Waals surface area contributed by atoms with Crippen LogP contribution in [0.4, 0.5) is 4.79 Å². The molecule has 0 aliphatic carbocycles. The Morgan fingerprint density at radius 3 is 2.89 bits per heavy atom. The van der Waals surface area contributed by atoms with E-state index in [4.69, 9.17) is 4.74 Å². The number of hydrogen-bond acceptors (Lipinski definition) is 5. The summed E-state index contributed by atoms with van der Waals surface area (Å²) >= 11 is 0. The summed E-state index contributed by atoms with van der Waals surface area (Å²) in [6, 6.07) is -0.248. The van der Waals surface area contributed by atoms with Crippen molar-refractivity contribution in [1.29, 1.82) is 0 Å². The van der Waals surface area contributed by atoms with E-state index in [0.717, 1.165) is 19.6 Å². The Hall–Kier alpha value is -1.34. The SMILES string of the molecule is CCOC(=O)C1CNCCN1CCN1CCNC1=O. The number of hydrogen-bond donors (Lipinski definition) is 2. The third kappa shape index (κ3) is 3.57. The van der Waals surface area contributed by atoms with Gasteiger partial charge in [-0.3, -0.25) is 9.69 Å². The monoisotopic (exact) mass is 270 g/mol. The maximum absolute atomic E-state index is 11.9. The maximum Gasteiger partial charge on any atom is 0.324 e. The summed E-state index contributed by atoms with van der Waals surface area (Å²) in [5, 5.41) is 5.98. The Morgan fingerprint density at radius 1 is 1.37 bits per heavy atom. The van der Waals surface area contributed by atoms with Gasteiger partial charge in [-0.1, -0.05) is 0 Å². The first-order valence-electron chi connectivity index (χ1n) is 6.86. The molecule has 0 bridgehead atoms. The van der Waals surface area contributed by atoms with Gasteiger partial charge in [0.1, 0.15) is 6.04 Å². The zero-order chi connectivity index (χ0) is 13.7. The Balaban J connectivity index is 1.85. The second-order valence-electron chi connectivity index (χ2n) is 4.73. The summed E-state index contributed by atoms with van der Waals surface area (Å²) in [5.41, 5.74) is 0. The van der Waals surface area contributed by atoms with Crippen LogP contribution in [0.2, 0.25) is 0 Å². The van der Waals surface area contributed by atoms with Crippen LogP contribution >= 0.6 is 0 Å². The molecule has 2 heterocycles. The van der Waals surface area contributed by atoms with Gasteiger partial charge in [0.05, 0.1) is 6.61 Å². The lowest BCUT2D eigenvalue weighted by atomic mass is 10.2. The van der Waals surface area contributed by atoms with Gasteiger partial charge in [-0.25, -0.2) is 4.79 Å². The molecular formula is C12H22N4O3. The van der Waals surface area contributed by atoms with Gasteiger partial charge in [0.25, 0.3) is 0 Å². The van der Waals surface area contributed by atoms with Crippen LogP contribution in [0.1, 0.15) is 6.92 Å². The molecule has 7 heteroatoms. The van der Waals surface area contributed by atoms with Gasteiger partial charge in [0.2, 0.25) is 0 Å². The molecular weight excluding hydrogens is 248 g/mol. The van der Waals surface area contributed by atoms with E-state index in [-0.39, 0.29) is 18.0 Å². The largest absolute Gasteiger partial charge is 0.465 e. The molecule has 0 radical (unpaired) electrons. The minimum absolute atomic E-state index is 0.0113. The third-order valence-corrected chi connectivity index (χ3v) is 3.52. The van der Waals surface area contributed by atoms with Crippen LogP contribution in [0.25, 0.3) is 0 Å². The molecule has 2 fully saturated rings. The Labute approximate surface area is 113 Å². The van der Waals surface area contributed by atoms with Crippen LogP contribution in [0.15, 0.2) is 0 Å². The lowest BCUT2D eigenvalue weighted by Gasteiger charge is -2.35. The standard InChI is InChI=1S/C12H22N4O3/c1-2-19-11(17)10-9-13-3-5-15(10)7-8-16-6-4-14-12(16)18/h10,13H,2-9H2,1H3,(H,14,18). The lowest BCUT2D eigenvalue weighted by Crippen LogP contribution is -2.56. The van der Waals surface area contributed by atoms with Crippen molar-refractivity contribution < 1.29 is 14.3 Å².